The van der Waals surface area contributed by atoms with Crippen LogP contribution < -0.4 is 10.1 Å². The molecule has 1 aliphatic rings. The number of benzene rings is 1. The number of hydrogen-bond donors (Lipinski definition) is 1. The molecule has 0 bridgehead atoms. The Morgan fingerprint density at radius 1 is 1.44 bits per heavy atom. The summed E-state index contributed by atoms with van der Waals surface area (Å²) in [6.45, 7) is 1.91. The van der Waals surface area contributed by atoms with E-state index >= 15 is 0 Å². The normalized spacial score (nSPS) is 17.4. The van der Waals surface area contributed by atoms with Crippen LogP contribution in [0.15, 0.2) is 24.3 Å². The summed E-state index contributed by atoms with van der Waals surface area (Å²) in [7, 11) is 1.62. The lowest BCUT2D eigenvalue weighted by Crippen LogP contribution is -2.33. The molecule has 0 radical (unpaired) electrons. The van der Waals surface area contributed by atoms with E-state index < -0.39 is 5.41 Å². The van der Waals surface area contributed by atoms with Crippen LogP contribution in [0.1, 0.15) is 31.4 Å². The molecule has 18 heavy (non-hydrogen) atoms. The fraction of sp³-hybridized carbons (Fsp3) is 0.429. The van der Waals surface area contributed by atoms with Crippen LogP contribution in [-0.4, -0.2) is 13.0 Å². The molecule has 0 aliphatic heterocycles. The molecule has 4 heteroatoms. The summed E-state index contributed by atoms with van der Waals surface area (Å²) >= 11 is 0. The Labute approximate surface area is 107 Å². The van der Waals surface area contributed by atoms with Gasteiger partial charge in [-0.15, -0.1) is 0 Å². The van der Waals surface area contributed by atoms with E-state index in [0.29, 0.717) is 12.8 Å². The summed E-state index contributed by atoms with van der Waals surface area (Å²) < 4.78 is 5.08. The SMILES string of the molecule is COc1ccc([C@@H](C)NC(=O)C2(C#N)CC2)cc1. The zero-order valence-corrected chi connectivity index (χ0v) is 10.6. The van der Waals surface area contributed by atoms with E-state index in [9.17, 15) is 4.79 Å². The topological polar surface area (TPSA) is 62.1 Å². The molecular formula is C14H16N2O2. The Hall–Kier alpha value is -2.02. The van der Waals surface area contributed by atoms with Crippen molar-refractivity contribution in [2.75, 3.05) is 7.11 Å². The summed E-state index contributed by atoms with van der Waals surface area (Å²) in [6.07, 6.45) is 1.34. The molecule has 0 unspecified atom stereocenters. The molecule has 0 heterocycles. The van der Waals surface area contributed by atoms with Crippen molar-refractivity contribution in [2.45, 2.75) is 25.8 Å². The van der Waals surface area contributed by atoms with Gasteiger partial charge in [0.1, 0.15) is 11.2 Å². The van der Waals surface area contributed by atoms with Gasteiger partial charge < -0.3 is 10.1 Å². The van der Waals surface area contributed by atoms with Crippen LogP contribution >= 0.6 is 0 Å². The van der Waals surface area contributed by atoms with Crippen LogP contribution in [0.2, 0.25) is 0 Å². The number of methoxy groups -OCH3 is 1. The Morgan fingerprint density at radius 3 is 2.50 bits per heavy atom. The highest BCUT2D eigenvalue weighted by atomic mass is 16.5. The Kier molecular flexibility index (Phi) is 3.24. The van der Waals surface area contributed by atoms with E-state index in [4.69, 9.17) is 10.00 Å². The van der Waals surface area contributed by atoms with Crippen molar-refractivity contribution in [2.24, 2.45) is 5.41 Å². The summed E-state index contributed by atoms with van der Waals surface area (Å²) in [5, 5.41) is 11.8. The van der Waals surface area contributed by atoms with Gasteiger partial charge in [-0.05, 0) is 37.5 Å². The second-order valence-electron chi connectivity index (χ2n) is 4.66. The molecule has 1 N–H and O–H groups in total. The van der Waals surface area contributed by atoms with Gasteiger partial charge in [-0.1, -0.05) is 12.1 Å². The number of carbonyl (C=O) groups excluding carboxylic acids is 1. The van der Waals surface area contributed by atoms with Gasteiger partial charge in [-0.25, -0.2) is 0 Å². The number of hydrogen-bond acceptors (Lipinski definition) is 3. The summed E-state index contributed by atoms with van der Waals surface area (Å²) in [4.78, 5) is 11.9. The summed E-state index contributed by atoms with van der Waals surface area (Å²) in [6, 6.07) is 9.53. The fourth-order valence-corrected chi connectivity index (χ4v) is 1.83. The molecule has 1 aliphatic carbocycles. The zero-order chi connectivity index (χ0) is 13.2. The predicted octanol–water partition coefficient (Wildman–Crippen LogP) is 2.18. The first-order valence-corrected chi connectivity index (χ1v) is 5.97. The monoisotopic (exact) mass is 244 g/mol. The van der Waals surface area contributed by atoms with Crippen LogP contribution in [0, 0.1) is 16.7 Å². The van der Waals surface area contributed by atoms with Gasteiger partial charge in [0, 0.05) is 0 Å². The van der Waals surface area contributed by atoms with Gasteiger partial charge in [0.25, 0.3) is 0 Å². The van der Waals surface area contributed by atoms with E-state index in [-0.39, 0.29) is 11.9 Å². The van der Waals surface area contributed by atoms with E-state index in [1.54, 1.807) is 7.11 Å². The molecule has 1 aromatic rings. The first-order chi connectivity index (χ1) is 8.61. The van der Waals surface area contributed by atoms with E-state index in [1.807, 2.05) is 31.2 Å². The van der Waals surface area contributed by atoms with Crippen LogP contribution in [0.5, 0.6) is 5.75 Å². The molecule has 0 spiro atoms. The van der Waals surface area contributed by atoms with Crippen molar-refractivity contribution in [1.82, 2.24) is 5.32 Å². The predicted molar refractivity (Wildman–Crippen MR) is 66.8 cm³/mol. The van der Waals surface area contributed by atoms with Crippen molar-refractivity contribution in [3.05, 3.63) is 29.8 Å². The van der Waals surface area contributed by atoms with Crippen LogP contribution in [-0.2, 0) is 4.79 Å². The van der Waals surface area contributed by atoms with Gasteiger partial charge in [0.05, 0.1) is 19.2 Å². The first-order valence-electron chi connectivity index (χ1n) is 5.97. The number of nitrogens with one attached hydrogen (secondary N) is 1. The number of ether oxygens (including phenoxy) is 1. The number of carbonyl (C=O) groups is 1. The van der Waals surface area contributed by atoms with Crippen molar-refractivity contribution in [3.63, 3.8) is 0 Å². The Balaban J connectivity index is 2.01. The molecule has 1 saturated carbocycles. The van der Waals surface area contributed by atoms with E-state index in [1.165, 1.54) is 0 Å². The smallest absolute Gasteiger partial charge is 0.240 e. The number of amides is 1. The molecule has 1 atom stereocenters. The molecule has 0 aromatic heterocycles. The highest BCUT2D eigenvalue weighted by Crippen LogP contribution is 2.45. The van der Waals surface area contributed by atoms with Crippen LogP contribution in [0.3, 0.4) is 0 Å². The minimum atomic E-state index is -0.763. The number of nitrogens with zero attached hydrogens (tertiary/aromatic N) is 1. The maximum Gasteiger partial charge on any atom is 0.240 e. The lowest BCUT2D eigenvalue weighted by Gasteiger charge is -2.16. The van der Waals surface area contributed by atoms with E-state index in [2.05, 4.69) is 11.4 Å². The largest absolute Gasteiger partial charge is 0.497 e. The van der Waals surface area contributed by atoms with Gasteiger partial charge in [-0.3, -0.25) is 4.79 Å². The van der Waals surface area contributed by atoms with Gasteiger partial charge in [-0.2, -0.15) is 5.26 Å². The second-order valence-corrected chi connectivity index (χ2v) is 4.66. The Bertz CT molecular complexity index is 484. The third-order valence-electron chi connectivity index (χ3n) is 3.36. The van der Waals surface area contributed by atoms with Crippen LogP contribution in [0.4, 0.5) is 0 Å². The average molecular weight is 244 g/mol. The standard InChI is InChI=1S/C14H16N2O2/c1-10(11-3-5-12(18-2)6-4-11)16-13(17)14(9-15)7-8-14/h3-6,10H,7-8H2,1-2H3,(H,16,17)/t10-/m1/s1. The molecule has 1 fully saturated rings. The third kappa shape index (κ3) is 2.30. The maximum absolute atomic E-state index is 11.9. The summed E-state index contributed by atoms with van der Waals surface area (Å²) in [5.41, 5.74) is 0.235. The summed E-state index contributed by atoms with van der Waals surface area (Å²) in [5.74, 6) is 0.626. The first kappa shape index (κ1) is 12.4. The van der Waals surface area contributed by atoms with Gasteiger partial charge in [0.15, 0.2) is 0 Å². The highest BCUT2D eigenvalue weighted by molar-refractivity contribution is 5.88. The maximum atomic E-state index is 11.9. The van der Waals surface area contributed by atoms with E-state index in [0.717, 1.165) is 11.3 Å². The molecular weight excluding hydrogens is 228 g/mol. The zero-order valence-electron chi connectivity index (χ0n) is 10.6. The fourth-order valence-electron chi connectivity index (χ4n) is 1.83. The van der Waals surface area contributed by atoms with Crippen molar-refractivity contribution in [3.8, 4) is 11.8 Å². The molecule has 4 nitrogen and oxygen atoms in total. The van der Waals surface area contributed by atoms with Gasteiger partial charge >= 0.3 is 0 Å². The lowest BCUT2D eigenvalue weighted by molar-refractivity contribution is -0.125. The minimum absolute atomic E-state index is 0.103. The van der Waals surface area contributed by atoms with Crippen LogP contribution in [0.25, 0.3) is 0 Å². The highest BCUT2D eigenvalue weighted by Gasteiger charge is 2.50. The Morgan fingerprint density at radius 2 is 2.06 bits per heavy atom. The molecule has 2 rings (SSSR count). The van der Waals surface area contributed by atoms with Gasteiger partial charge in [0.2, 0.25) is 5.91 Å². The molecule has 0 saturated heterocycles. The number of nitriles is 1. The van der Waals surface area contributed by atoms with Crippen molar-refractivity contribution in [1.29, 1.82) is 5.26 Å². The number of rotatable bonds is 4. The van der Waals surface area contributed by atoms with Crippen molar-refractivity contribution >= 4 is 5.91 Å². The molecule has 1 amide bonds. The quantitative estimate of drug-likeness (QED) is 0.883. The lowest BCUT2D eigenvalue weighted by atomic mass is 10.1. The molecule has 94 valence electrons. The molecule has 1 aromatic carbocycles. The third-order valence-corrected chi connectivity index (χ3v) is 3.36. The average Bonchev–Trinajstić information content (AvgIpc) is 3.19. The van der Waals surface area contributed by atoms with Crippen molar-refractivity contribution < 1.29 is 9.53 Å². The minimum Gasteiger partial charge on any atom is -0.497 e. The second kappa shape index (κ2) is 4.69.